The fourth-order valence-corrected chi connectivity index (χ4v) is 4.13. The van der Waals surface area contributed by atoms with Crippen LogP contribution in [0.3, 0.4) is 0 Å². The van der Waals surface area contributed by atoms with Crippen LogP contribution in [-0.2, 0) is 0 Å². The standard InChI is InChI=1S/C23H31NO2S/c1-14(2)19-13-20(16(5)12-21(19)26-7)17(6)24-23(25)18-10-8-9-11-22(18)27-15(3)4/h8-15,17H,1-7H3,(H,24,25). The lowest BCUT2D eigenvalue weighted by atomic mass is 9.93. The molecule has 1 N–H and O–H groups in total. The molecule has 3 nitrogen and oxygen atoms in total. The minimum atomic E-state index is -0.0852. The number of thioether (sulfide) groups is 1. The molecule has 0 aliphatic carbocycles. The van der Waals surface area contributed by atoms with Crippen molar-refractivity contribution in [2.45, 2.75) is 63.6 Å². The minimum absolute atomic E-state index is 0.0347. The molecule has 0 aliphatic heterocycles. The Bertz CT molecular complexity index is 799. The lowest BCUT2D eigenvalue weighted by molar-refractivity contribution is 0.0937. The largest absolute Gasteiger partial charge is 0.496 e. The van der Waals surface area contributed by atoms with Crippen molar-refractivity contribution in [2.24, 2.45) is 0 Å². The number of carbonyl (C=O) groups is 1. The molecule has 146 valence electrons. The van der Waals surface area contributed by atoms with Gasteiger partial charge in [-0.1, -0.05) is 39.8 Å². The zero-order chi connectivity index (χ0) is 20.1. The van der Waals surface area contributed by atoms with Crippen molar-refractivity contribution < 1.29 is 9.53 Å². The van der Waals surface area contributed by atoms with Crippen LogP contribution in [0.25, 0.3) is 0 Å². The van der Waals surface area contributed by atoms with Crippen molar-refractivity contribution in [3.05, 3.63) is 58.7 Å². The first-order valence-corrected chi connectivity index (χ1v) is 10.4. The van der Waals surface area contributed by atoms with Gasteiger partial charge in [-0.25, -0.2) is 0 Å². The molecule has 0 bridgehead atoms. The Labute approximate surface area is 167 Å². The van der Waals surface area contributed by atoms with Crippen LogP contribution in [0, 0.1) is 6.92 Å². The Balaban J connectivity index is 2.29. The van der Waals surface area contributed by atoms with Crippen LogP contribution in [0.4, 0.5) is 0 Å². The number of nitrogens with one attached hydrogen (secondary N) is 1. The molecule has 0 fully saturated rings. The minimum Gasteiger partial charge on any atom is -0.496 e. The van der Waals surface area contributed by atoms with Crippen LogP contribution < -0.4 is 10.1 Å². The number of carbonyl (C=O) groups excluding carboxylic acids is 1. The first-order valence-electron chi connectivity index (χ1n) is 9.49. The normalized spacial score (nSPS) is 12.3. The molecular formula is C23H31NO2S. The van der Waals surface area contributed by atoms with Crippen LogP contribution >= 0.6 is 11.8 Å². The van der Waals surface area contributed by atoms with Crippen molar-refractivity contribution in [1.82, 2.24) is 5.32 Å². The molecule has 4 heteroatoms. The molecule has 0 heterocycles. The molecule has 0 spiro atoms. The summed E-state index contributed by atoms with van der Waals surface area (Å²) in [5.41, 5.74) is 4.14. The maximum Gasteiger partial charge on any atom is 0.252 e. The molecule has 1 unspecified atom stereocenters. The van der Waals surface area contributed by atoms with Gasteiger partial charge in [-0.05, 0) is 60.7 Å². The van der Waals surface area contributed by atoms with Gasteiger partial charge in [0.25, 0.3) is 5.91 Å². The topological polar surface area (TPSA) is 38.3 Å². The third-order valence-electron chi connectivity index (χ3n) is 4.55. The zero-order valence-corrected chi connectivity index (χ0v) is 18.2. The van der Waals surface area contributed by atoms with Gasteiger partial charge in [0.2, 0.25) is 0 Å². The zero-order valence-electron chi connectivity index (χ0n) is 17.4. The third-order valence-corrected chi connectivity index (χ3v) is 5.63. The fourth-order valence-electron chi connectivity index (χ4n) is 3.17. The summed E-state index contributed by atoms with van der Waals surface area (Å²) >= 11 is 1.71. The van der Waals surface area contributed by atoms with E-state index in [9.17, 15) is 4.79 Å². The maximum absolute atomic E-state index is 12.9. The van der Waals surface area contributed by atoms with Crippen LogP contribution in [0.2, 0.25) is 0 Å². The van der Waals surface area contributed by atoms with Crippen molar-refractivity contribution in [2.75, 3.05) is 7.11 Å². The van der Waals surface area contributed by atoms with Gasteiger partial charge in [0.05, 0.1) is 18.7 Å². The number of rotatable bonds is 7. The van der Waals surface area contributed by atoms with Gasteiger partial charge in [0, 0.05) is 10.1 Å². The van der Waals surface area contributed by atoms with Crippen molar-refractivity contribution >= 4 is 17.7 Å². The molecule has 2 rings (SSSR count). The molecule has 0 saturated heterocycles. The molecule has 1 amide bonds. The highest BCUT2D eigenvalue weighted by molar-refractivity contribution is 8.00. The van der Waals surface area contributed by atoms with Crippen molar-refractivity contribution in [3.8, 4) is 5.75 Å². The second kappa shape index (κ2) is 9.32. The number of hydrogen-bond acceptors (Lipinski definition) is 3. The van der Waals surface area contributed by atoms with Crippen LogP contribution in [0.1, 0.15) is 73.6 Å². The summed E-state index contributed by atoms with van der Waals surface area (Å²) in [6.45, 7) is 12.7. The van der Waals surface area contributed by atoms with Gasteiger partial charge in [-0.15, -0.1) is 11.8 Å². The summed E-state index contributed by atoms with van der Waals surface area (Å²) < 4.78 is 5.54. The molecule has 0 aromatic heterocycles. The summed E-state index contributed by atoms with van der Waals surface area (Å²) in [7, 11) is 1.70. The maximum atomic E-state index is 12.9. The second-order valence-electron chi connectivity index (χ2n) is 7.46. The van der Waals surface area contributed by atoms with E-state index in [0.29, 0.717) is 11.2 Å². The second-order valence-corrected chi connectivity index (χ2v) is 9.08. The van der Waals surface area contributed by atoms with E-state index in [1.165, 1.54) is 0 Å². The van der Waals surface area contributed by atoms with Gasteiger partial charge >= 0.3 is 0 Å². The monoisotopic (exact) mass is 385 g/mol. The van der Waals surface area contributed by atoms with E-state index in [-0.39, 0.29) is 11.9 Å². The first-order chi connectivity index (χ1) is 12.7. The highest BCUT2D eigenvalue weighted by Crippen LogP contribution is 2.32. The van der Waals surface area contributed by atoms with E-state index < -0.39 is 0 Å². The van der Waals surface area contributed by atoms with E-state index in [1.807, 2.05) is 31.2 Å². The Morgan fingerprint density at radius 3 is 2.30 bits per heavy atom. The van der Waals surface area contributed by atoms with Crippen LogP contribution in [0.15, 0.2) is 41.3 Å². The Morgan fingerprint density at radius 2 is 1.70 bits per heavy atom. The number of methoxy groups -OCH3 is 1. The lowest BCUT2D eigenvalue weighted by Crippen LogP contribution is -2.27. The third kappa shape index (κ3) is 5.29. The average molecular weight is 386 g/mol. The number of ether oxygens (including phenoxy) is 1. The lowest BCUT2D eigenvalue weighted by Gasteiger charge is -2.21. The SMILES string of the molecule is COc1cc(C)c(C(C)NC(=O)c2ccccc2SC(C)C)cc1C(C)C. The summed E-state index contributed by atoms with van der Waals surface area (Å²) in [6, 6.07) is 12.0. The van der Waals surface area contributed by atoms with Gasteiger partial charge in [-0.3, -0.25) is 4.79 Å². The highest BCUT2D eigenvalue weighted by atomic mass is 32.2. The predicted molar refractivity (Wildman–Crippen MR) is 115 cm³/mol. The summed E-state index contributed by atoms with van der Waals surface area (Å²) in [6.07, 6.45) is 0. The van der Waals surface area contributed by atoms with Gasteiger partial charge in [0.1, 0.15) is 5.75 Å². The van der Waals surface area contributed by atoms with E-state index in [2.05, 4.69) is 52.1 Å². The molecule has 27 heavy (non-hydrogen) atoms. The Hall–Kier alpha value is -1.94. The molecule has 0 saturated carbocycles. The van der Waals surface area contributed by atoms with Crippen molar-refractivity contribution in [1.29, 1.82) is 0 Å². The summed E-state index contributed by atoms with van der Waals surface area (Å²) in [4.78, 5) is 14.0. The highest BCUT2D eigenvalue weighted by Gasteiger charge is 2.19. The summed E-state index contributed by atoms with van der Waals surface area (Å²) in [5, 5.41) is 3.60. The number of hydrogen-bond donors (Lipinski definition) is 1. The number of amides is 1. The molecule has 0 radical (unpaired) electrons. The Kier molecular flexibility index (Phi) is 7.37. The fraction of sp³-hybridized carbons (Fsp3) is 0.435. The smallest absolute Gasteiger partial charge is 0.252 e. The molecule has 2 aromatic carbocycles. The quantitative estimate of drug-likeness (QED) is 0.584. The van der Waals surface area contributed by atoms with Crippen LogP contribution in [0.5, 0.6) is 5.75 Å². The van der Waals surface area contributed by atoms with Gasteiger partial charge in [-0.2, -0.15) is 0 Å². The molecule has 2 aromatic rings. The predicted octanol–water partition coefficient (Wildman–Crippen LogP) is 6.12. The average Bonchev–Trinajstić information content (AvgIpc) is 2.60. The van der Waals surface area contributed by atoms with Gasteiger partial charge < -0.3 is 10.1 Å². The van der Waals surface area contributed by atoms with Crippen LogP contribution in [-0.4, -0.2) is 18.3 Å². The van der Waals surface area contributed by atoms with E-state index >= 15 is 0 Å². The molecule has 1 atom stereocenters. The molecular weight excluding hydrogens is 354 g/mol. The van der Waals surface area contributed by atoms with Gasteiger partial charge in [0.15, 0.2) is 0 Å². The Morgan fingerprint density at radius 1 is 1.04 bits per heavy atom. The van der Waals surface area contributed by atoms with E-state index in [4.69, 9.17) is 4.74 Å². The number of benzene rings is 2. The summed E-state index contributed by atoms with van der Waals surface area (Å²) in [5.74, 6) is 1.22. The van der Waals surface area contributed by atoms with Crippen molar-refractivity contribution in [3.63, 3.8) is 0 Å². The molecule has 0 aliphatic rings. The van der Waals surface area contributed by atoms with E-state index in [0.717, 1.165) is 32.9 Å². The van der Waals surface area contributed by atoms with E-state index in [1.54, 1.807) is 18.9 Å². The number of aryl methyl sites for hydroxylation is 1. The first kappa shape index (κ1) is 21.4.